The van der Waals surface area contributed by atoms with Crippen LogP contribution in [-0.2, 0) is 64.0 Å². The molecule has 0 aromatic heterocycles. The van der Waals surface area contributed by atoms with Crippen molar-refractivity contribution in [2.45, 2.75) is 238 Å². The Balaban J connectivity index is 1.36. The minimum Gasteiger partial charge on any atom is -0.445 e. The summed E-state index contributed by atoms with van der Waals surface area (Å²) in [4.78, 5) is 155. The van der Waals surface area contributed by atoms with E-state index in [1.807, 2.05) is 52.8 Å². The number of urea groups is 1. The first kappa shape index (κ1) is 84.1. The first-order valence-corrected chi connectivity index (χ1v) is 35.8. The topological polar surface area (TPSA) is 347 Å². The summed E-state index contributed by atoms with van der Waals surface area (Å²) < 4.78 is 17.6. The van der Waals surface area contributed by atoms with E-state index in [4.69, 9.17) is 19.9 Å². The Hall–Kier alpha value is -7.36. The smallest absolute Gasteiger partial charge is 0.410 e. The number of imide groups is 1. The molecule has 2 saturated heterocycles. The number of nitrogens with zero attached hydrogens (tertiary/aromatic N) is 4. The maximum atomic E-state index is 14.8. The van der Waals surface area contributed by atoms with Gasteiger partial charge in [-0.05, 0) is 92.4 Å². The number of ether oxygens (including phenoxy) is 3. The first-order chi connectivity index (χ1) is 46.6. The lowest BCUT2D eigenvalue weighted by atomic mass is 9.89. The quantitative estimate of drug-likeness (QED) is 0.0252. The molecule has 2 aromatic rings. The second-order valence-electron chi connectivity index (χ2n) is 28.4. The number of thioether (sulfide) groups is 1. The van der Waals surface area contributed by atoms with Crippen molar-refractivity contribution >= 4 is 82.7 Å². The highest BCUT2D eigenvalue weighted by Gasteiger charge is 2.45. The fourth-order valence-corrected chi connectivity index (χ4v) is 14.1. The van der Waals surface area contributed by atoms with Gasteiger partial charge in [0.25, 0.3) is 0 Å². The van der Waals surface area contributed by atoms with Crippen LogP contribution >= 0.6 is 11.8 Å². The molecule has 0 bridgehead atoms. The largest absolute Gasteiger partial charge is 0.445 e. The van der Waals surface area contributed by atoms with Gasteiger partial charge in [-0.2, -0.15) is 0 Å². The SMILES string of the molecule is CC[C@H](C)[C@@H]([C@@H](CC(=O)N1CCC[C@H]1[C@H](OC)[C@@H](C)C(=O)N[C@H](C)[C@@H](O)c1ccccc1)OC)N(C)C(=O)[C@@H](NC(=O)[C@H](C(C)C)N(C)C(=O)OCc1ccc(NC(=O)[C@H](CCCNC(N)=O)NC(=O)[C@@H](NC(=O)CCCCCN2C(=O)CC(SC(C)(C)C)C2=O)C(C)C)cc1)C(C)C. The van der Waals surface area contributed by atoms with Crippen LogP contribution in [0.15, 0.2) is 54.6 Å². The van der Waals surface area contributed by atoms with Gasteiger partial charge < -0.3 is 66.8 Å². The Labute approximate surface area is 590 Å². The van der Waals surface area contributed by atoms with Crippen LogP contribution in [0.2, 0.25) is 0 Å². The van der Waals surface area contributed by atoms with E-state index >= 15 is 0 Å². The summed E-state index contributed by atoms with van der Waals surface area (Å²) in [5, 5.41) is 27.3. The minimum absolute atomic E-state index is 0.0842. The summed E-state index contributed by atoms with van der Waals surface area (Å²) >= 11 is 1.48. The lowest BCUT2D eigenvalue weighted by molar-refractivity contribution is -0.148. The Morgan fingerprint density at radius 1 is 0.747 bits per heavy atom. The standard InChI is InChI=1S/C72H115N11O15S/c1-18-45(8)61(53(96-16)39-56(85)82-38-26-30-52(82)63(97-17)46(9)64(88)75-47(10)62(87)49-27-21-19-22-28-49)80(14)69(93)59(43(4)5)79-67(91)60(44(6)7)81(15)71(95)98-41-48-32-34-50(35-33-48)76-65(89)51(29-25-36-74-70(73)94)77-66(90)58(42(2)3)78-55(84)31-23-20-24-37-83-57(86)40-54(68(83)92)99-72(11,12)13/h19,21-22,27-28,32-35,42-47,51-54,58-63,87H,18,20,23-26,29-31,36-41H2,1-17H3,(H,75,88)(H,76,89)(H,77,90)(H,78,84)(H,79,91)(H3,73,74,94)/t45-,46+,47+,51-,52-,53+,54?,58-,59-,60-,61-,62+,63+/m0/s1. The molecule has 554 valence electrons. The van der Waals surface area contributed by atoms with Gasteiger partial charge in [0, 0.05) is 71.2 Å². The number of amides is 12. The average molecular weight is 1410 g/mol. The molecule has 0 saturated carbocycles. The van der Waals surface area contributed by atoms with Crippen molar-refractivity contribution in [1.29, 1.82) is 0 Å². The van der Waals surface area contributed by atoms with Gasteiger partial charge in [0.15, 0.2) is 0 Å². The molecule has 26 nitrogen and oxygen atoms in total. The van der Waals surface area contributed by atoms with Gasteiger partial charge >= 0.3 is 12.1 Å². The molecule has 13 atom stereocenters. The van der Waals surface area contributed by atoms with Crippen molar-refractivity contribution in [1.82, 2.24) is 46.2 Å². The summed E-state index contributed by atoms with van der Waals surface area (Å²) in [6, 6.07) is 8.76. The number of rotatable bonds is 39. The Kier molecular flexibility index (Phi) is 34.1. The third-order valence-corrected chi connectivity index (χ3v) is 19.9. The van der Waals surface area contributed by atoms with Gasteiger partial charge in [-0.3, -0.25) is 53.0 Å². The molecule has 2 aliphatic heterocycles. The van der Waals surface area contributed by atoms with Crippen molar-refractivity contribution in [3.05, 3.63) is 65.7 Å². The van der Waals surface area contributed by atoms with E-state index in [-0.39, 0.29) is 97.9 Å². The number of benzene rings is 2. The number of aliphatic hydroxyl groups is 1. The molecule has 2 aromatic carbocycles. The number of likely N-dealkylation sites (tertiary alicyclic amines) is 2. The highest BCUT2D eigenvalue weighted by atomic mass is 32.2. The van der Waals surface area contributed by atoms with Crippen LogP contribution in [0.25, 0.3) is 0 Å². The zero-order valence-electron chi connectivity index (χ0n) is 61.5. The second-order valence-corrected chi connectivity index (χ2v) is 30.4. The number of likely N-dealkylation sites (N-methyl/N-ethyl adjacent to an activating group) is 2. The third-order valence-electron chi connectivity index (χ3n) is 18.5. The highest BCUT2D eigenvalue weighted by molar-refractivity contribution is 8.01. The van der Waals surface area contributed by atoms with Crippen LogP contribution in [0, 0.1) is 29.6 Å². The van der Waals surface area contributed by atoms with Crippen molar-refractivity contribution in [2.75, 3.05) is 53.3 Å². The number of carbonyl (C=O) groups excluding carboxylic acids is 11. The number of primary amides is 1. The number of hydrogen-bond acceptors (Lipinski definition) is 16. The van der Waals surface area contributed by atoms with Gasteiger partial charge in [0.1, 0.15) is 30.8 Å². The van der Waals surface area contributed by atoms with Crippen LogP contribution in [0.5, 0.6) is 0 Å². The fourth-order valence-electron chi connectivity index (χ4n) is 12.8. The molecule has 99 heavy (non-hydrogen) atoms. The third kappa shape index (κ3) is 25.3. The lowest BCUT2D eigenvalue weighted by Crippen LogP contribution is -2.60. The molecule has 27 heteroatoms. The summed E-state index contributed by atoms with van der Waals surface area (Å²) in [5.74, 6) is -5.64. The van der Waals surface area contributed by atoms with E-state index in [1.54, 1.807) is 109 Å². The van der Waals surface area contributed by atoms with Gasteiger partial charge in [-0.1, -0.05) is 138 Å². The lowest BCUT2D eigenvalue weighted by Gasteiger charge is -2.41. The van der Waals surface area contributed by atoms with Crippen LogP contribution in [0.3, 0.4) is 0 Å². The maximum Gasteiger partial charge on any atom is 0.410 e. The van der Waals surface area contributed by atoms with Gasteiger partial charge in [-0.25, -0.2) is 9.59 Å². The molecule has 0 spiro atoms. The number of aliphatic hydroxyl groups excluding tert-OH is 1. The summed E-state index contributed by atoms with van der Waals surface area (Å²) in [6.07, 6.45) is 0.725. The number of hydrogen-bond donors (Lipinski definition) is 8. The van der Waals surface area contributed by atoms with Gasteiger partial charge in [-0.15, -0.1) is 11.8 Å². The van der Waals surface area contributed by atoms with Crippen molar-refractivity contribution in [3.63, 3.8) is 0 Å². The summed E-state index contributed by atoms with van der Waals surface area (Å²) in [7, 11) is 6.09. The number of nitrogens with one attached hydrogen (secondary N) is 6. The number of nitrogens with two attached hydrogens (primary N) is 1. The molecular weight excluding hydrogens is 1290 g/mol. The molecule has 0 radical (unpaired) electrons. The van der Waals surface area contributed by atoms with E-state index in [1.165, 1.54) is 42.8 Å². The molecule has 0 aliphatic carbocycles. The normalized spacial score (nSPS) is 18.2. The molecule has 2 heterocycles. The monoisotopic (exact) mass is 1410 g/mol. The predicted molar refractivity (Wildman–Crippen MR) is 380 cm³/mol. The van der Waals surface area contributed by atoms with E-state index in [9.17, 15) is 57.8 Å². The number of carbonyl (C=O) groups is 11. The second kappa shape index (κ2) is 40.2. The fraction of sp³-hybridized carbons (Fsp3) is 0.681. The molecule has 4 rings (SSSR count). The Morgan fingerprint density at radius 2 is 1.39 bits per heavy atom. The molecule has 1 unspecified atom stereocenters. The molecule has 12 amide bonds. The van der Waals surface area contributed by atoms with Crippen LogP contribution in [0.4, 0.5) is 15.3 Å². The molecule has 2 aliphatic rings. The van der Waals surface area contributed by atoms with E-state index in [0.717, 1.165) is 0 Å². The summed E-state index contributed by atoms with van der Waals surface area (Å²) in [6.45, 7) is 24.7. The van der Waals surface area contributed by atoms with Gasteiger partial charge in [0.05, 0.1) is 54.0 Å². The first-order valence-electron chi connectivity index (χ1n) is 35.0. The molecule has 9 N–H and O–H groups in total. The number of anilines is 1. The van der Waals surface area contributed by atoms with E-state index in [0.29, 0.717) is 61.9 Å². The van der Waals surface area contributed by atoms with Crippen LogP contribution in [0.1, 0.15) is 178 Å². The average Bonchev–Trinajstić information content (AvgIpc) is 1.81. The number of unbranched alkanes of at least 4 members (excludes halogenated alkanes) is 2. The highest BCUT2D eigenvalue weighted by Crippen LogP contribution is 2.35. The minimum atomic E-state index is -1.12. The zero-order valence-corrected chi connectivity index (χ0v) is 62.3. The maximum absolute atomic E-state index is 14.8. The molecular formula is C72H115N11O15S. The zero-order chi connectivity index (χ0) is 74.2. The Bertz CT molecular complexity index is 3010. The van der Waals surface area contributed by atoms with Crippen LogP contribution in [-0.4, -0.2) is 202 Å². The Morgan fingerprint density at radius 3 is 1.97 bits per heavy atom. The van der Waals surface area contributed by atoms with Crippen LogP contribution < -0.4 is 37.6 Å². The van der Waals surface area contributed by atoms with Gasteiger partial charge in [0.2, 0.25) is 53.2 Å². The number of methoxy groups -OCH3 is 2. The van der Waals surface area contributed by atoms with Crippen molar-refractivity contribution < 1.29 is 72.1 Å². The molecule has 2 fully saturated rings. The predicted octanol–water partition coefficient (Wildman–Crippen LogP) is 6.81. The van der Waals surface area contributed by atoms with E-state index < -0.39 is 119 Å². The van der Waals surface area contributed by atoms with Crippen molar-refractivity contribution in [2.24, 2.45) is 35.3 Å². The van der Waals surface area contributed by atoms with E-state index in [2.05, 4.69) is 31.9 Å². The summed E-state index contributed by atoms with van der Waals surface area (Å²) in [5.41, 5.74) is 6.80. The van der Waals surface area contributed by atoms with Crippen molar-refractivity contribution in [3.8, 4) is 0 Å².